The summed E-state index contributed by atoms with van der Waals surface area (Å²) < 4.78 is 30.0. The van der Waals surface area contributed by atoms with Crippen LogP contribution < -0.4 is 10.1 Å². The molecule has 9 aromatic rings. The molecule has 360 valence electrons. The molecular weight excluding hydrogens is 909 g/mol. The number of anilines is 1. The van der Waals surface area contributed by atoms with Crippen LogP contribution in [0.5, 0.6) is 5.88 Å². The molecule has 0 bridgehead atoms. The van der Waals surface area contributed by atoms with Gasteiger partial charge in [0.15, 0.2) is 17.4 Å². The van der Waals surface area contributed by atoms with Gasteiger partial charge in [0.2, 0.25) is 17.7 Å². The average Bonchev–Trinajstić information content (AvgIpc) is 3.99. The second-order valence-corrected chi connectivity index (χ2v) is 17.4. The summed E-state index contributed by atoms with van der Waals surface area (Å²) >= 11 is 0. The number of amides is 1. The molecule has 0 unspecified atom stereocenters. The molecule has 72 heavy (non-hydrogen) atoms. The van der Waals surface area contributed by atoms with Crippen LogP contribution in [0.3, 0.4) is 0 Å². The third-order valence-electron chi connectivity index (χ3n) is 12.9. The van der Waals surface area contributed by atoms with Crippen molar-refractivity contribution in [3.63, 3.8) is 0 Å². The average molecular weight is 959 g/mol. The van der Waals surface area contributed by atoms with Gasteiger partial charge in [-0.2, -0.15) is 9.97 Å². The standard InChI is InChI=1S/C58H50N6O8/c1-40(65)60-56-61-53-50(54(62-56)69-37-36-41-32-34-48(35-33-41)64(67)68)59-39-63(53)55-52(72-58(45-26-14-5-15-27-45,46-28-16-6-17-29-46)47-30-18-7-19-31-47)51(66)49(71-55)38-70-57(42-20-8-2-9-21-42,43-22-10-3-11-23-43)44-24-12-4-13-25-44/h2-35,39,49,51-52,55,66H,36-38H2,1H3,(H,60,61,62,65)/t49-,51+,52-,55-/m1/s1. The molecule has 1 saturated heterocycles. The van der Waals surface area contributed by atoms with Gasteiger partial charge in [-0.1, -0.05) is 194 Å². The highest BCUT2D eigenvalue weighted by atomic mass is 16.6. The minimum absolute atomic E-state index is 0.0190. The van der Waals surface area contributed by atoms with Crippen molar-refractivity contribution in [1.29, 1.82) is 0 Å². The molecule has 2 aromatic heterocycles. The van der Waals surface area contributed by atoms with E-state index in [1.54, 1.807) is 16.7 Å². The Hall–Kier alpha value is -8.40. The van der Waals surface area contributed by atoms with Crippen LogP contribution in [0.25, 0.3) is 11.2 Å². The number of carbonyl (C=O) groups is 1. The van der Waals surface area contributed by atoms with Crippen molar-refractivity contribution in [2.45, 2.75) is 49.1 Å². The molecule has 1 aliphatic heterocycles. The molecule has 1 amide bonds. The van der Waals surface area contributed by atoms with E-state index in [2.05, 4.69) is 10.3 Å². The number of rotatable bonds is 18. The van der Waals surface area contributed by atoms with Crippen molar-refractivity contribution >= 4 is 28.7 Å². The number of aliphatic hydroxyl groups is 1. The molecule has 7 aromatic carbocycles. The maximum absolute atomic E-state index is 13.1. The second kappa shape index (κ2) is 20.9. The van der Waals surface area contributed by atoms with Gasteiger partial charge in [0.1, 0.15) is 29.5 Å². The number of benzene rings is 7. The lowest BCUT2D eigenvalue weighted by Crippen LogP contribution is -2.45. The predicted octanol–water partition coefficient (Wildman–Crippen LogP) is 9.96. The minimum atomic E-state index is -1.34. The maximum atomic E-state index is 13.1. The van der Waals surface area contributed by atoms with Crippen molar-refractivity contribution in [3.05, 3.63) is 262 Å². The Morgan fingerprint density at radius 1 is 0.681 bits per heavy atom. The van der Waals surface area contributed by atoms with Crippen LogP contribution in [-0.4, -0.2) is 67.0 Å². The molecule has 0 radical (unpaired) electrons. The maximum Gasteiger partial charge on any atom is 0.269 e. The van der Waals surface area contributed by atoms with Crippen molar-refractivity contribution in [2.75, 3.05) is 18.5 Å². The third-order valence-corrected chi connectivity index (χ3v) is 12.9. The molecule has 0 spiro atoms. The van der Waals surface area contributed by atoms with E-state index in [0.717, 1.165) is 38.9 Å². The Morgan fingerprint density at radius 2 is 1.14 bits per heavy atom. The monoisotopic (exact) mass is 958 g/mol. The molecule has 14 nitrogen and oxygen atoms in total. The normalized spacial score (nSPS) is 16.9. The van der Waals surface area contributed by atoms with E-state index < -0.39 is 46.6 Å². The summed E-state index contributed by atoms with van der Waals surface area (Å²) in [6.07, 6.45) is -2.71. The molecule has 2 N–H and O–H groups in total. The van der Waals surface area contributed by atoms with Gasteiger partial charge < -0.3 is 24.1 Å². The summed E-state index contributed by atoms with van der Waals surface area (Å²) in [5, 5.41) is 27.1. The first-order chi connectivity index (χ1) is 35.2. The molecule has 0 saturated carbocycles. The molecule has 1 fully saturated rings. The number of imidazole rings is 1. The van der Waals surface area contributed by atoms with E-state index in [9.17, 15) is 20.0 Å². The number of ether oxygens (including phenoxy) is 4. The largest absolute Gasteiger partial charge is 0.476 e. The fourth-order valence-corrected chi connectivity index (χ4v) is 9.55. The van der Waals surface area contributed by atoms with E-state index in [4.69, 9.17) is 28.9 Å². The minimum Gasteiger partial charge on any atom is -0.476 e. The van der Waals surface area contributed by atoms with Gasteiger partial charge in [0, 0.05) is 25.5 Å². The van der Waals surface area contributed by atoms with Crippen molar-refractivity contribution in [2.24, 2.45) is 0 Å². The summed E-state index contributed by atoms with van der Waals surface area (Å²) in [5.41, 5.74) is 3.84. The zero-order valence-electron chi connectivity index (χ0n) is 39.2. The molecule has 0 aliphatic carbocycles. The second-order valence-electron chi connectivity index (χ2n) is 17.4. The van der Waals surface area contributed by atoms with Crippen molar-refractivity contribution < 1.29 is 33.8 Å². The summed E-state index contributed by atoms with van der Waals surface area (Å²) in [7, 11) is 0. The number of nitrogens with one attached hydrogen (secondary N) is 1. The number of nitro groups is 1. The Balaban J connectivity index is 1.10. The number of non-ortho nitro benzene ring substituents is 1. The van der Waals surface area contributed by atoms with Crippen molar-refractivity contribution in [3.8, 4) is 5.88 Å². The lowest BCUT2D eigenvalue weighted by Gasteiger charge is -2.40. The van der Waals surface area contributed by atoms with Crippen LogP contribution in [-0.2, 0) is 36.6 Å². The number of carbonyl (C=O) groups excluding carboxylic acids is 1. The van der Waals surface area contributed by atoms with Crippen LogP contribution in [0.1, 0.15) is 52.1 Å². The number of nitrogens with zero attached hydrogens (tertiary/aromatic N) is 5. The smallest absolute Gasteiger partial charge is 0.269 e. The number of hydrogen-bond acceptors (Lipinski definition) is 11. The zero-order valence-corrected chi connectivity index (χ0v) is 39.2. The Kier molecular flexibility index (Phi) is 13.7. The quantitative estimate of drug-likeness (QED) is 0.0476. The Labute approximate surface area is 415 Å². The summed E-state index contributed by atoms with van der Waals surface area (Å²) in [5.74, 6) is -0.394. The molecular formula is C58H50N6O8. The summed E-state index contributed by atoms with van der Waals surface area (Å²) in [4.78, 5) is 37.5. The summed E-state index contributed by atoms with van der Waals surface area (Å²) in [6, 6.07) is 65.8. The fraction of sp³-hybridized carbons (Fsp3) is 0.172. The van der Waals surface area contributed by atoms with Gasteiger partial charge in [0.25, 0.3) is 5.69 Å². The zero-order chi connectivity index (χ0) is 49.5. The highest BCUT2D eigenvalue weighted by Gasteiger charge is 2.53. The number of fused-ring (bicyclic) bond motifs is 1. The number of aromatic nitrogens is 4. The first kappa shape index (κ1) is 47.3. The van der Waals surface area contributed by atoms with E-state index in [1.165, 1.54) is 25.4 Å². The van der Waals surface area contributed by atoms with E-state index in [1.807, 2.05) is 182 Å². The SMILES string of the molecule is CC(=O)Nc1nc(OCCc2ccc([N+](=O)[O-])cc2)c2ncn([C@@H]3O[C@H](COC(c4ccccc4)(c4ccccc4)c4ccccc4)[C@H](O)[C@H]3OC(c3ccccc3)(c3ccccc3)c3ccccc3)c2n1. The molecule has 4 atom stereocenters. The fourth-order valence-electron chi connectivity index (χ4n) is 9.55. The first-order valence-corrected chi connectivity index (χ1v) is 23.6. The van der Waals surface area contributed by atoms with Gasteiger partial charge in [-0.15, -0.1) is 0 Å². The Morgan fingerprint density at radius 3 is 1.58 bits per heavy atom. The van der Waals surface area contributed by atoms with E-state index in [-0.39, 0.29) is 41.9 Å². The number of nitro benzene ring substituents is 1. The van der Waals surface area contributed by atoms with Crippen LogP contribution in [0.4, 0.5) is 11.6 Å². The first-order valence-electron chi connectivity index (χ1n) is 23.6. The van der Waals surface area contributed by atoms with Gasteiger partial charge in [-0.05, 0) is 38.9 Å². The molecule has 1 aliphatic rings. The van der Waals surface area contributed by atoms with Gasteiger partial charge in [-0.3, -0.25) is 24.8 Å². The predicted molar refractivity (Wildman–Crippen MR) is 271 cm³/mol. The van der Waals surface area contributed by atoms with E-state index >= 15 is 0 Å². The van der Waals surface area contributed by atoms with E-state index in [0.29, 0.717) is 6.42 Å². The number of aliphatic hydroxyl groups excluding tert-OH is 1. The lowest BCUT2D eigenvalue weighted by molar-refractivity contribution is -0.384. The van der Waals surface area contributed by atoms with Crippen LogP contribution in [0.2, 0.25) is 0 Å². The highest BCUT2D eigenvalue weighted by Crippen LogP contribution is 2.47. The third kappa shape index (κ3) is 9.34. The lowest BCUT2D eigenvalue weighted by atomic mass is 9.79. The van der Waals surface area contributed by atoms with Gasteiger partial charge in [-0.25, -0.2) is 4.98 Å². The Bertz CT molecular complexity index is 3050. The van der Waals surface area contributed by atoms with Gasteiger partial charge >= 0.3 is 0 Å². The number of hydrogen-bond donors (Lipinski definition) is 2. The van der Waals surface area contributed by atoms with Crippen molar-refractivity contribution in [1.82, 2.24) is 19.5 Å². The van der Waals surface area contributed by atoms with Gasteiger partial charge in [0.05, 0.1) is 24.5 Å². The van der Waals surface area contributed by atoms with Crippen LogP contribution in [0.15, 0.2) is 213 Å². The highest BCUT2D eigenvalue weighted by molar-refractivity contribution is 5.88. The van der Waals surface area contributed by atoms with Crippen LogP contribution >= 0.6 is 0 Å². The summed E-state index contributed by atoms with van der Waals surface area (Å²) in [6.45, 7) is 1.35. The molecule has 10 rings (SSSR count). The topological polar surface area (TPSA) is 173 Å². The molecule has 14 heteroatoms. The van der Waals surface area contributed by atoms with Crippen LogP contribution in [0, 0.1) is 10.1 Å². The molecule has 3 heterocycles.